The third kappa shape index (κ3) is 1.76. The number of hydrogen-bond donors (Lipinski definition) is 1. The van der Waals surface area contributed by atoms with Gasteiger partial charge in [0.1, 0.15) is 11.6 Å². The van der Waals surface area contributed by atoms with E-state index in [4.69, 9.17) is 0 Å². The first-order chi connectivity index (χ1) is 7.61. The smallest absolute Gasteiger partial charge is 0.132 e. The minimum absolute atomic E-state index is 0.758. The molecular formula is C11H15N5. The van der Waals surface area contributed by atoms with Gasteiger partial charge in [-0.3, -0.25) is 4.68 Å². The van der Waals surface area contributed by atoms with Crippen molar-refractivity contribution in [3.05, 3.63) is 23.8 Å². The van der Waals surface area contributed by atoms with Crippen LogP contribution in [0.4, 0.5) is 5.82 Å². The summed E-state index contributed by atoms with van der Waals surface area (Å²) >= 11 is 0. The largest absolute Gasteiger partial charge is 0.373 e. The van der Waals surface area contributed by atoms with Gasteiger partial charge in [0, 0.05) is 31.4 Å². The van der Waals surface area contributed by atoms with Crippen molar-refractivity contribution in [2.24, 2.45) is 7.05 Å². The number of anilines is 1. The van der Waals surface area contributed by atoms with Crippen LogP contribution in [-0.2, 0) is 7.05 Å². The van der Waals surface area contributed by atoms with Crippen LogP contribution in [0.25, 0.3) is 11.3 Å². The van der Waals surface area contributed by atoms with Crippen LogP contribution in [-0.4, -0.2) is 26.8 Å². The summed E-state index contributed by atoms with van der Waals surface area (Å²) in [6.45, 7) is 3.90. The molecule has 84 valence electrons. The average molecular weight is 217 g/mol. The van der Waals surface area contributed by atoms with E-state index in [-0.39, 0.29) is 0 Å². The van der Waals surface area contributed by atoms with E-state index in [1.54, 1.807) is 4.68 Å². The summed E-state index contributed by atoms with van der Waals surface area (Å²) in [5, 5.41) is 7.23. The standard InChI is InChI=1S/C11H15N5/c1-7-10(9-5-13-16(4)6-9)14-8(2)15-11(7)12-3/h5-6H,1-4H3,(H,12,14,15). The molecule has 0 amide bonds. The Morgan fingerprint density at radius 3 is 2.56 bits per heavy atom. The highest BCUT2D eigenvalue weighted by Crippen LogP contribution is 2.24. The number of aromatic nitrogens is 4. The molecule has 0 saturated heterocycles. The monoisotopic (exact) mass is 217 g/mol. The Morgan fingerprint density at radius 2 is 2.00 bits per heavy atom. The number of rotatable bonds is 2. The number of nitrogens with one attached hydrogen (secondary N) is 1. The molecule has 0 aliphatic heterocycles. The minimum Gasteiger partial charge on any atom is -0.373 e. The molecule has 0 bridgehead atoms. The van der Waals surface area contributed by atoms with Gasteiger partial charge >= 0.3 is 0 Å². The summed E-state index contributed by atoms with van der Waals surface area (Å²) < 4.78 is 1.77. The maximum absolute atomic E-state index is 4.46. The van der Waals surface area contributed by atoms with Crippen LogP contribution in [0.2, 0.25) is 0 Å². The van der Waals surface area contributed by atoms with Crippen LogP contribution in [0.3, 0.4) is 0 Å². The Bertz CT molecular complexity index is 515. The summed E-state index contributed by atoms with van der Waals surface area (Å²) in [5.74, 6) is 1.63. The van der Waals surface area contributed by atoms with Gasteiger partial charge in [0.25, 0.3) is 0 Å². The lowest BCUT2D eigenvalue weighted by Crippen LogP contribution is -2.02. The van der Waals surface area contributed by atoms with E-state index < -0.39 is 0 Å². The lowest BCUT2D eigenvalue weighted by Gasteiger charge is -2.09. The Morgan fingerprint density at radius 1 is 1.25 bits per heavy atom. The number of hydrogen-bond acceptors (Lipinski definition) is 4. The number of aryl methyl sites for hydroxylation is 2. The Hall–Kier alpha value is -1.91. The molecule has 0 aliphatic rings. The molecule has 2 rings (SSSR count). The molecule has 0 unspecified atom stereocenters. The highest BCUT2D eigenvalue weighted by atomic mass is 15.2. The van der Waals surface area contributed by atoms with E-state index in [1.807, 2.05) is 40.3 Å². The number of nitrogens with zero attached hydrogens (tertiary/aromatic N) is 4. The second-order valence-electron chi connectivity index (χ2n) is 3.75. The van der Waals surface area contributed by atoms with E-state index in [2.05, 4.69) is 20.4 Å². The Balaban J connectivity index is 2.60. The third-order valence-corrected chi connectivity index (χ3v) is 2.47. The molecule has 2 heterocycles. The van der Waals surface area contributed by atoms with Crippen molar-refractivity contribution < 1.29 is 0 Å². The van der Waals surface area contributed by atoms with Gasteiger partial charge in [0.15, 0.2) is 0 Å². The molecule has 0 aromatic carbocycles. The zero-order valence-corrected chi connectivity index (χ0v) is 9.94. The summed E-state index contributed by atoms with van der Waals surface area (Å²) in [6.07, 6.45) is 3.77. The van der Waals surface area contributed by atoms with Gasteiger partial charge in [-0.15, -0.1) is 0 Å². The molecule has 1 N–H and O–H groups in total. The van der Waals surface area contributed by atoms with Gasteiger partial charge in [-0.1, -0.05) is 0 Å². The lowest BCUT2D eigenvalue weighted by molar-refractivity contribution is 0.768. The predicted molar refractivity (Wildman–Crippen MR) is 63.3 cm³/mol. The van der Waals surface area contributed by atoms with Crippen LogP contribution in [0.15, 0.2) is 12.4 Å². The normalized spacial score (nSPS) is 10.5. The van der Waals surface area contributed by atoms with Gasteiger partial charge in [0.2, 0.25) is 0 Å². The fourth-order valence-electron chi connectivity index (χ4n) is 1.70. The summed E-state index contributed by atoms with van der Waals surface area (Å²) in [5.41, 5.74) is 2.99. The highest BCUT2D eigenvalue weighted by molar-refractivity contribution is 5.66. The van der Waals surface area contributed by atoms with Gasteiger partial charge in [-0.05, 0) is 13.8 Å². The van der Waals surface area contributed by atoms with Crippen molar-refractivity contribution >= 4 is 5.82 Å². The van der Waals surface area contributed by atoms with E-state index in [0.29, 0.717) is 0 Å². The van der Waals surface area contributed by atoms with Crippen LogP contribution in [0.5, 0.6) is 0 Å². The van der Waals surface area contributed by atoms with Crippen molar-refractivity contribution in [1.82, 2.24) is 19.7 Å². The van der Waals surface area contributed by atoms with Crippen molar-refractivity contribution in [1.29, 1.82) is 0 Å². The average Bonchev–Trinajstić information content (AvgIpc) is 2.67. The minimum atomic E-state index is 0.758. The molecule has 0 aliphatic carbocycles. The quantitative estimate of drug-likeness (QED) is 0.829. The van der Waals surface area contributed by atoms with Gasteiger partial charge in [-0.25, -0.2) is 9.97 Å². The molecule has 0 spiro atoms. The molecule has 0 radical (unpaired) electrons. The Kier molecular flexibility index (Phi) is 2.60. The van der Waals surface area contributed by atoms with E-state index in [1.165, 1.54) is 0 Å². The second kappa shape index (κ2) is 3.92. The molecule has 0 fully saturated rings. The summed E-state index contributed by atoms with van der Waals surface area (Å²) in [6, 6.07) is 0. The summed E-state index contributed by atoms with van der Waals surface area (Å²) in [7, 11) is 3.76. The van der Waals surface area contributed by atoms with Gasteiger partial charge in [0.05, 0.1) is 11.9 Å². The zero-order chi connectivity index (χ0) is 11.7. The van der Waals surface area contributed by atoms with Crippen molar-refractivity contribution in [2.75, 3.05) is 12.4 Å². The fourth-order valence-corrected chi connectivity index (χ4v) is 1.70. The van der Waals surface area contributed by atoms with E-state index in [0.717, 1.165) is 28.5 Å². The molecule has 5 heteroatoms. The molecule has 16 heavy (non-hydrogen) atoms. The van der Waals surface area contributed by atoms with E-state index >= 15 is 0 Å². The maximum Gasteiger partial charge on any atom is 0.132 e. The summed E-state index contributed by atoms with van der Waals surface area (Å²) in [4.78, 5) is 8.80. The maximum atomic E-state index is 4.46. The van der Waals surface area contributed by atoms with Gasteiger partial charge in [-0.2, -0.15) is 5.10 Å². The van der Waals surface area contributed by atoms with Crippen molar-refractivity contribution in [3.63, 3.8) is 0 Å². The van der Waals surface area contributed by atoms with Crippen LogP contribution in [0.1, 0.15) is 11.4 Å². The lowest BCUT2D eigenvalue weighted by atomic mass is 10.1. The van der Waals surface area contributed by atoms with Crippen molar-refractivity contribution in [2.45, 2.75) is 13.8 Å². The topological polar surface area (TPSA) is 55.6 Å². The van der Waals surface area contributed by atoms with Crippen LogP contribution < -0.4 is 5.32 Å². The third-order valence-electron chi connectivity index (χ3n) is 2.47. The van der Waals surface area contributed by atoms with Crippen LogP contribution in [0, 0.1) is 13.8 Å². The Labute approximate surface area is 94.5 Å². The molecule has 0 saturated carbocycles. The fraction of sp³-hybridized carbons (Fsp3) is 0.364. The molecular weight excluding hydrogens is 202 g/mol. The SMILES string of the molecule is CNc1nc(C)nc(-c2cnn(C)c2)c1C. The van der Waals surface area contributed by atoms with E-state index in [9.17, 15) is 0 Å². The first kappa shape index (κ1) is 10.6. The molecule has 0 atom stereocenters. The van der Waals surface area contributed by atoms with Crippen LogP contribution >= 0.6 is 0 Å². The van der Waals surface area contributed by atoms with Crippen molar-refractivity contribution in [3.8, 4) is 11.3 Å². The predicted octanol–water partition coefficient (Wildman–Crippen LogP) is 1.54. The van der Waals surface area contributed by atoms with Gasteiger partial charge < -0.3 is 5.32 Å². The molecule has 2 aromatic heterocycles. The molecule has 5 nitrogen and oxygen atoms in total. The second-order valence-corrected chi connectivity index (χ2v) is 3.75. The first-order valence-corrected chi connectivity index (χ1v) is 5.14. The molecule has 2 aromatic rings. The first-order valence-electron chi connectivity index (χ1n) is 5.14. The zero-order valence-electron chi connectivity index (χ0n) is 9.94. The highest BCUT2D eigenvalue weighted by Gasteiger charge is 2.11.